The highest BCUT2D eigenvalue weighted by atomic mass is 32.1. The van der Waals surface area contributed by atoms with Gasteiger partial charge >= 0.3 is 0 Å². The molecule has 0 saturated carbocycles. The molecule has 3 nitrogen and oxygen atoms in total. The van der Waals surface area contributed by atoms with Crippen LogP contribution in [0.25, 0.3) is 0 Å². The number of ether oxygens (including phenoxy) is 1. The molecule has 0 spiro atoms. The van der Waals surface area contributed by atoms with Gasteiger partial charge in [-0.15, -0.1) is 11.3 Å². The third kappa shape index (κ3) is 2.81. The fourth-order valence-corrected chi connectivity index (χ4v) is 2.85. The topological polar surface area (TPSA) is 34.2 Å². The van der Waals surface area contributed by atoms with Crippen molar-refractivity contribution in [2.75, 3.05) is 13.2 Å². The first-order valence-corrected chi connectivity index (χ1v) is 6.80. The van der Waals surface area contributed by atoms with Crippen LogP contribution in [-0.4, -0.2) is 24.2 Å². The number of hydrogen-bond donors (Lipinski definition) is 1. The maximum absolute atomic E-state index is 5.42. The Kier molecular flexibility index (Phi) is 3.95. The summed E-state index contributed by atoms with van der Waals surface area (Å²) in [6.07, 6.45) is 1.18. The van der Waals surface area contributed by atoms with Crippen molar-refractivity contribution in [3.63, 3.8) is 0 Å². The van der Waals surface area contributed by atoms with Crippen molar-refractivity contribution in [3.8, 4) is 0 Å². The number of aryl methyl sites for hydroxylation is 1. The Bertz CT molecular complexity index is 334. The summed E-state index contributed by atoms with van der Waals surface area (Å²) >= 11 is 1.72. The smallest absolute Gasteiger partial charge is 0.0898 e. The molecule has 1 fully saturated rings. The van der Waals surface area contributed by atoms with Gasteiger partial charge in [0.05, 0.1) is 17.3 Å². The van der Waals surface area contributed by atoms with E-state index in [9.17, 15) is 0 Å². The van der Waals surface area contributed by atoms with Crippen molar-refractivity contribution in [1.29, 1.82) is 0 Å². The second-order valence-corrected chi connectivity index (χ2v) is 5.65. The molecule has 0 aliphatic carbocycles. The van der Waals surface area contributed by atoms with Crippen LogP contribution in [-0.2, 0) is 4.74 Å². The Morgan fingerprint density at radius 3 is 2.94 bits per heavy atom. The second kappa shape index (κ2) is 5.25. The third-order valence-corrected chi connectivity index (χ3v) is 4.06. The maximum Gasteiger partial charge on any atom is 0.0898 e. The van der Waals surface area contributed by atoms with Gasteiger partial charge in [-0.05, 0) is 33.1 Å². The molecule has 2 rings (SSSR count). The third-order valence-electron chi connectivity index (χ3n) is 3.27. The van der Waals surface area contributed by atoms with Crippen LogP contribution >= 0.6 is 11.3 Å². The van der Waals surface area contributed by atoms with Gasteiger partial charge in [-0.2, -0.15) is 0 Å². The summed E-state index contributed by atoms with van der Waals surface area (Å²) in [5, 5.41) is 6.90. The van der Waals surface area contributed by atoms with E-state index in [-0.39, 0.29) is 0 Å². The van der Waals surface area contributed by atoms with E-state index in [2.05, 4.69) is 36.5 Å². The number of rotatable bonds is 4. The Labute approximate surface area is 101 Å². The largest absolute Gasteiger partial charge is 0.381 e. The molecule has 1 aliphatic heterocycles. The molecule has 1 saturated heterocycles. The van der Waals surface area contributed by atoms with E-state index in [0.29, 0.717) is 18.0 Å². The summed E-state index contributed by atoms with van der Waals surface area (Å²) < 4.78 is 5.42. The van der Waals surface area contributed by atoms with Gasteiger partial charge in [0.25, 0.3) is 0 Å². The summed E-state index contributed by atoms with van der Waals surface area (Å²) in [6, 6.07) is 0.833. The average Bonchev–Trinajstić information content (AvgIpc) is 2.87. The fourth-order valence-electron chi connectivity index (χ4n) is 2.14. The molecule has 1 aromatic rings. The van der Waals surface area contributed by atoms with E-state index in [0.717, 1.165) is 23.9 Å². The van der Waals surface area contributed by atoms with Gasteiger partial charge in [0.15, 0.2) is 0 Å². The van der Waals surface area contributed by atoms with Crippen LogP contribution in [0.4, 0.5) is 0 Å². The first-order chi connectivity index (χ1) is 7.66. The molecule has 0 radical (unpaired) electrons. The Morgan fingerprint density at radius 2 is 2.38 bits per heavy atom. The zero-order valence-corrected chi connectivity index (χ0v) is 11.0. The molecule has 3 atom stereocenters. The van der Waals surface area contributed by atoms with Crippen LogP contribution in [0.3, 0.4) is 0 Å². The number of nitrogens with one attached hydrogen (secondary N) is 1. The number of nitrogens with zero attached hydrogens (tertiary/aromatic N) is 1. The summed E-state index contributed by atoms with van der Waals surface area (Å²) in [5.74, 6) is 0.655. The molecule has 0 bridgehead atoms. The van der Waals surface area contributed by atoms with E-state index in [1.807, 2.05) is 0 Å². The Balaban J connectivity index is 1.88. The SMILES string of the molecule is Cc1nc(C(C)NC(C)C2CCOC2)cs1. The van der Waals surface area contributed by atoms with Gasteiger partial charge in [0, 0.05) is 24.1 Å². The summed E-state index contributed by atoms with van der Waals surface area (Å²) in [6.45, 7) is 8.29. The van der Waals surface area contributed by atoms with E-state index in [4.69, 9.17) is 4.74 Å². The van der Waals surface area contributed by atoms with Gasteiger partial charge < -0.3 is 10.1 Å². The van der Waals surface area contributed by atoms with Crippen molar-refractivity contribution in [2.24, 2.45) is 5.92 Å². The standard InChI is InChI=1S/C12H20N2OS/c1-8(11-4-5-15-6-11)13-9(2)12-7-16-10(3)14-12/h7-9,11,13H,4-6H2,1-3H3. The van der Waals surface area contributed by atoms with Gasteiger partial charge in [0.1, 0.15) is 0 Å². The van der Waals surface area contributed by atoms with Crippen LogP contribution in [0, 0.1) is 12.8 Å². The Hall–Kier alpha value is -0.450. The van der Waals surface area contributed by atoms with Crippen LogP contribution in [0.2, 0.25) is 0 Å². The van der Waals surface area contributed by atoms with Crippen LogP contribution in [0.15, 0.2) is 5.38 Å². The highest BCUT2D eigenvalue weighted by Crippen LogP contribution is 2.21. The molecule has 1 aliphatic rings. The Morgan fingerprint density at radius 1 is 1.56 bits per heavy atom. The van der Waals surface area contributed by atoms with Crippen molar-refractivity contribution in [3.05, 3.63) is 16.1 Å². The van der Waals surface area contributed by atoms with E-state index in [1.165, 1.54) is 6.42 Å². The van der Waals surface area contributed by atoms with Gasteiger partial charge in [-0.1, -0.05) is 0 Å². The average molecular weight is 240 g/mol. The molecule has 1 aromatic heterocycles. The van der Waals surface area contributed by atoms with Crippen molar-refractivity contribution in [2.45, 2.75) is 39.3 Å². The number of hydrogen-bond acceptors (Lipinski definition) is 4. The lowest BCUT2D eigenvalue weighted by Gasteiger charge is -2.23. The minimum Gasteiger partial charge on any atom is -0.381 e. The summed E-state index contributed by atoms with van der Waals surface area (Å²) in [4.78, 5) is 4.52. The predicted molar refractivity (Wildman–Crippen MR) is 66.8 cm³/mol. The molecule has 1 N–H and O–H groups in total. The van der Waals surface area contributed by atoms with E-state index >= 15 is 0 Å². The highest BCUT2D eigenvalue weighted by molar-refractivity contribution is 7.09. The van der Waals surface area contributed by atoms with Gasteiger partial charge in [-0.25, -0.2) is 4.98 Å². The van der Waals surface area contributed by atoms with E-state index < -0.39 is 0 Å². The van der Waals surface area contributed by atoms with Crippen LogP contribution in [0.5, 0.6) is 0 Å². The van der Waals surface area contributed by atoms with E-state index in [1.54, 1.807) is 11.3 Å². The first kappa shape index (κ1) is 12.0. The molecule has 90 valence electrons. The summed E-state index contributed by atoms with van der Waals surface area (Å²) in [5.41, 5.74) is 1.16. The van der Waals surface area contributed by atoms with Crippen molar-refractivity contribution >= 4 is 11.3 Å². The number of aromatic nitrogens is 1. The molecular formula is C12H20N2OS. The molecular weight excluding hydrogens is 220 g/mol. The lowest BCUT2D eigenvalue weighted by atomic mass is 10.00. The molecule has 3 unspecified atom stereocenters. The minimum absolute atomic E-state index is 0.334. The predicted octanol–water partition coefficient (Wildman–Crippen LogP) is 2.53. The second-order valence-electron chi connectivity index (χ2n) is 4.59. The van der Waals surface area contributed by atoms with Gasteiger partial charge in [-0.3, -0.25) is 0 Å². The molecule has 16 heavy (non-hydrogen) atoms. The van der Waals surface area contributed by atoms with Crippen molar-refractivity contribution < 1.29 is 4.74 Å². The van der Waals surface area contributed by atoms with Crippen LogP contribution in [0.1, 0.15) is 37.0 Å². The first-order valence-electron chi connectivity index (χ1n) is 5.92. The lowest BCUT2D eigenvalue weighted by molar-refractivity contribution is 0.177. The van der Waals surface area contributed by atoms with Crippen molar-refractivity contribution in [1.82, 2.24) is 10.3 Å². The normalized spacial score (nSPS) is 24.6. The number of thiazole rings is 1. The fraction of sp³-hybridized carbons (Fsp3) is 0.750. The molecule has 2 heterocycles. The molecule has 0 amide bonds. The molecule has 0 aromatic carbocycles. The van der Waals surface area contributed by atoms with Gasteiger partial charge in [0.2, 0.25) is 0 Å². The maximum atomic E-state index is 5.42. The minimum atomic E-state index is 0.334. The zero-order valence-electron chi connectivity index (χ0n) is 10.2. The monoisotopic (exact) mass is 240 g/mol. The summed E-state index contributed by atoms with van der Waals surface area (Å²) in [7, 11) is 0. The van der Waals surface area contributed by atoms with Crippen LogP contribution < -0.4 is 5.32 Å². The molecule has 4 heteroatoms. The highest BCUT2D eigenvalue weighted by Gasteiger charge is 2.23. The lowest BCUT2D eigenvalue weighted by Crippen LogP contribution is -2.35. The zero-order chi connectivity index (χ0) is 11.5. The quantitative estimate of drug-likeness (QED) is 0.878.